The smallest absolute Gasteiger partial charge is 0.168 e. The third-order valence-corrected chi connectivity index (χ3v) is 1.77. The molecule has 0 amide bonds. The third kappa shape index (κ3) is 1.76. The van der Waals surface area contributed by atoms with E-state index in [1.807, 2.05) is 0 Å². The number of hydrogen-bond donors (Lipinski definition) is 3. The molecule has 12 heavy (non-hydrogen) atoms. The van der Waals surface area contributed by atoms with Gasteiger partial charge in [-0.1, -0.05) is 0 Å². The predicted octanol–water partition coefficient (Wildman–Crippen LogP) is 1.19. The number of aryl methyl sites for hydroxylation is 1. The van der Waals surface area contributed by atoms with Gasteiger partial charge in [-0.15, -0.1) is 24.8 Å². The first-order valence-corrected chi connectivity index (χ1v) is 3.44. The predicted molar refractivity (Wildman–Crippen MR) is 54.3 cm³/mol. The molecular formula is C6H12Cl2N4. The van der Waals surface area contributed by atoms with Crippen LogP contribution in [-0.2, 0) is 6.42 Å². The van der Waals surface area contributed by atoms with E-state index in [-0.39, 0.29) is 24.8 Å². The summed E-state index contributed by atoms with van der Waals surface area (Å²) in [5, 5.41) is 9.97. The fourth-order valence-electron chi connectivity index (χ4n) is 1.25. The second-order valence-electron chi connectivity index (χ2n) is 2.49. The fraction of sp³-hybridized carbons (Fsp3) is 0.500. The maximum atomic E-state index is 5.56. The van der Waals surface area contributed by atoms with Gasteiger partial charge in [-0.25, -0.2) is 0 Å². The number of fused-ring (bicyclic) bond motifs is 1. The lowest BCUT2D eigenvalue weighted by molar-refractivity contribution is 0.801. The minimum Gasteiger partial charge on any atom is -0.381 e. The van der Waals surface area contributed by atoms with Crippen LogP contribution in [0.15, 0.2) is 0 Å². The van der Waals surface area contributed by atoms with Crippen LogP contribution in [0.1, 0.15) is 12.1 Å². The largest absolute Gasteiger partial charge is 0.381 e. The topological polar surface area (TPSA) is 66.7 Å². The molecule has 1 aromatic rings. The summed E-state index contributed by atoms with van der Waals surface area (Å²) in [5.74, 6) is 0.592. The van der Waals surface area contributed by atoms with Gasteiger partial charge >= 0.3 is 0 Å². The van der Waals surface area contributed by atoms with E-state index in [0.717, 1.165) is 30.8 Å². The Morgan fingerprint density at radius 1 is 1.33 bits per heavy atom. The normalized spacial score (nSPS) is 13.3. The molecule has 1 aliphatic heterocycles. The maximum Gasteiger partial charge on any atom is 0.168 e. The number of nitrogens with one attached hydrogen (secondary N) is 2. The van der Waals surface area contributed by atoms with Gasteiger partial charge in [0.1, 0.15) is 0 Å². The highest BCUT2D eigenvalue weighted by Crippen LogP contribution is 2.24. The summed E-state index contributed by atoms with van der Waals surface area (Å²) in [6.07, 6.45) is 2.22. The fourth-order valence-corrected chi connectivity index (χ4v) is 1.25. The van der Waals surface area contributed by atoms with E-state index in [0.29, 0.717) is 5.82 Å². The van der Waals surface area contributed by atoms with Gasteiger partial charge in [0.05, 0.1) is 11.4 Å². The first-order valence-electron chi connectivity index (χ1n) is 3.44. The Morgan fingerprint density at radius 2 is 2.08 bits per heavy atom. The zero-order chi connectivity index (χ0) is 6.97. The van der Waals surface area contributed by atoms with Crippen LogP contribution >= 0.6 is 24.8 Å². The van der Waals surface area contributed by atoms with Crippen molar-refractivity contribution in [1.29, 1.82) is 0 Å². The number of nitrogens with zero attached hydrogens (tertiary/aromatic N) is 1. The molecule has 70 valence electrons. The van der Waals surface area contributed by atoms with Gasteiger partial charge in [0, 0.05) is 6.54 Å². The van der Waals surface area contributed by atoms with E-state index in [1.54, 1.807) is 0 Å². The minimum absolute atomic E-state index is 0. The Bertz CT molecular complexity index is 248. The molecule has 0 saturated carbocycles. The van der Waals surface area contributed by atoms with Crippen molar-refractivity contribution in [1.82, 2.24) is 10.2 Å². The van der Waals surface area contributed by atoms with Gasteiger partial charge in [0.15, 0.2) is 5.82 Å². The van der Waals surface area contributed by atoms with Gasteiger partial charge in [0.2, 0.25) is 0 Å². The lowest BCUT2D eigenvalue weighted by atomic mass is 10.1. The zero-order valence-electron chi connectivity index (χ0n) is 6.46. The number of rotatable bonds is 0. The number of halogens is 2. The molecule has 1 aliphatic rings. The van der Waals surface area contributed by atoms with E-state index in [2.05, 4.69) is 15.5 Å². The third-order valence-electron chi connectivity index (χ3n) is 1.77. The lowest BCUT2D eigenvalue weighted by Gasteiger charge is -2.12. The van der Waals surface area contributed by atoms with Crippen LogP contribution in [0.4, 0.5) is 11.5 Å². The Labute approximate surface area is 83.1 Å². The summed E-state index contributed by atoms with van der Waals surface area (Å²) in [4.78, 5) is 0. The van der Waals surface area contributed by atoms with Crippen molar-refractivity contribution >= 4 is 36.3 Å². The Morgan fingerprint density at radius 3 is 2.75 bits per heavy atom. The summed E-state index contributed by atoms with van der Waals surface area (Å²) < 4.78 is 0. The summed E-state index contributed by atoms with van der Waals surface area (Å²) in [5.41, 5.74) is 7.70. The molecular weight excluding hydrogens is 199 g/mol. The molecule has 0 unspecified atom stereocenters. The van der Waals surface area contributed by atoms with E-state index >= 15 is 0 Å². The van der Waals surface area contributed by atoms with Crippen LogP contribution in [0, 0.1) is 0 Å². The number of nitrogen functional groups attached to an aromatic ring is 1. The van der Waals surface area contributed by atoms with Gasteiger partial charge in [-0.2, -0.15) is 5.10 Å². The minimum atomic E-state index is 0. The molecule has 1 aromatic heterocycles. The quantitative estimate of drug-likeness (QED) is 0.603. The summed E-state index contributed by atoms with van der Waals surface area (Å²) in [6, 6.07) is 0. The van der Waals surface area contributed by atoms with E-state index < -0.39 is 0 Å². The molecule has 0 aliphatic carbocycles. The highest BCUT2D eigenvalue weighted by atomic mass is 35.5. The van der Waals surface area contributed by atoms with Crippen molar-refractivity contribution in [3.63, 3.8) is 0 Å². The number of nitrogens with two attached hydrogens (primary N) is 1. The van der Waals surface area contributed by atoms with E-state index in [9.17, 15) is 0 Å². The van der Waals surface area contributed by atoms with Crippen molar-refractivity contribution in [3.8, 4) is 0 Å². The average molecular weight is 211 g/mol. The van der Waals surface area contributed by atoms with Gasteiger partial charge in [0.25, 0.3) is 0 Å². The molecule has 0 saturated heterocycles. The number of aromatic amines is 1. The Kier molecular flexibility index (Phi) is 4.20. The van der Waals surface area contributed by atoms with Crippen molar-refractivity contribution in [2.45, 2.75) is 12.8 Å². The number of anilines is 2. The maximum absolute atomic E-state index is 5.56. The van der Waals surface area contributed by atoms with Crippen molar-refractivity contribution < 1.29 is 0 Å². The number of H-pyrrole nitrogens is 1. The molecule has 2 heterocycles. The summed E-state index contributed by atoms with van der Waals surface area (Å²) in [7, 11) is 0. The molecule has 0 atom stereocenters. The number of aromatic nitrogens is 2. The van der Waals surface area contributed by atoms with Gasteiger partial charge in [-0.05, 0) is 12.8 Å². The zero-order valence-corrected chi connectivity index (χ0v) is 8.10. The molecule has 4 nitrogen and oxygen atoms in total. The summed E-state index contributed by atoms with van der Waals surface area (Å²) >= 11 is 0. The molecule has 2 rings (SSSR count). The number of hydrogen-bond acceptors (Lipinski definition) is 3. The second kappa shape index (κ2) is 4.42. The Hall–Kier alpha value is -0.610. The second-order valence-corrected chi connectivity index (χ2v) is 2.49. The molecule has 4 N–H and O–H groups in total. The summed E-state index contributed by atoms with van der Waals surface area (Å²) in [6.45, 7) is 1.01. The van der Waals surface area contributed by atoms with Gasteiger partial charge < -0.3 is 11.1 Å². The van der Waals surface area contributed by atoms with Crippen molar-refractivity contribution in [3.05, 3.63) is 5.69 Å². The monoisotopic (exact) mass is 210 g/mol. The molecule has 0 spiro atoms. The van der Waals surface area contributed by atoms with E-state index in [4.69, 9.17) is 5.73 Å². The Balaban J connectivity index is 0.000000605. The highest BCUT2D eigenvalue weighted by molar-refractivity contribution is 5.85. The van der Waals surface area contributed by atoms with Crippen LogP contribution in [0.25, 0.3) is 0 Å². The molecule has 0 fully saturated rings. The van der Waals surface area contributed by atoms with Crippen LogP contribution in [0.2, 0.25) is 0 Å². The molecule has 6 heteroatoms. The first kappa shape index (κ1) is 11.4. The SMILES string of the molecule is Cl.Cl.Nc1n[nH]c2c1NCCC2. The lowest BCUT2D eigenvalue weighted by Crippen LogP contribution is -2.11. The molecule has 0 aromatic carbocycles. The van der Waals surface area contributed by atoms with Crippen LogP contribution < -0.4 is 11.1 Å². The average Bonchev–Trinajstić information content (AvgIpc) is 2.34. The first-order chi connectivity index (χ1) is 4.88. The van der Waals surface area contributed by atoms with E-state index in [1.165, 1.54) is 0 Å². The van der Waals surface area contributed by atoms with Crippen LogP contribution in [0.5, 0.6) is 0 Å². The van der Waals surface area contributed by atoms with Crippen LogP contribution in [-0.4, -0.2) is 16.7 Å². The van der Waals surface area contributed by atoms with Crippen molar-refractivity contribution in [2.75, 3.05) is 17.6 Å². The molecule has 0 radical (unpaired) electrons. The van der Waals surface area contributed by atoms with Crippen molar-refractivity contribution in [2.24, 2.45) is 0 Å². The molecule has 0 bridgehead atoms. The highest BCUT2D eigenvalue weighted by Gasteiger charge is 2.13. The van der Waals surface area contributed by atoms with Crippen LogP contribution in [0.3, 0.4) is 0 Å². The van der Waals surface area contributed by atoms with Gasteiger partial charge in [-0.3, -0.25) is 5.10 Å². The standard InChI is InChI=1S/C6H10N4.2ClH/c7-6-5-4(9-10-6)2-1-3-8-5;;/h8H,1-3H2,(H3,7,9,10);2*1H.